The molecule has 2 N–H and O–H groups in total. The van der Waals surface area contributed by atoms with E-state index in [9.17, 15) is 9.59 Å². The van der Waals surface area contributed by atoms with E-state index in [0.717, 1.165) is 5.01 Å². The number of hydrogen-bond donors (Lipinski definition) is 2. The van der Waals surface area contributed by atoms with Crippen molar-refractivity contribution >= 4 is 39.1 Å². The Balaban J connectivity index is 2.07. The Kier molecular flexibility index (Phi) is 5.25. The van der Waals surface area contributed by atoms with Crippen LogP contribution in [0.25, 0.3) is 0 Å². The fourth-order valence-corrected chi connectivity index (χ4v) is 2.95. The Bertz CT molecular complexity index is 715. The second-order valence-corrected chi connectivity index (χ2v) is 6.91. The van der Waals surface area contributed by atoms with Crippen LogP contribution in [0.5, 0.6) is 0 Å². The van der Waals surface area contributed by atoms with Crippen molar-refractivity contribution in [2.75, 3.05) is 0 Å². The summed E-state index contributed by atoms with van der Waals surface area (Å²) in [6, 6.07) is 4.35. The van der Waals surface area contributed by atoms with Crippen molar-refractivity contribution < 1.29 is 14.7 Å². The molecule has 8 heteroatoms. The number of aromatic carboxylic acids is 1. The van der Waals surface area contributed by atoms with E-state index in [1.807, 2.05) is 13.8 Å². The maximum Gasteiger partial charge on any atom is 0.335 e. The minimum Gasteiger partial charge on any atom is -0.478 e. The van der Waals surface area contributed by atoms with E-state index < -0.39 is 5.97 Å². The van der Waals surface area contributed by atoms with Gasteiger partial charge in [0.15, 0.2) is 0 Å². The maximum absolute atomic E-state index is 12.1. The summed E-state index contributed by atoms with van der Waals surface area (Å²) in [7, 11) is 0. The average Bonchev–Trinajstić information content (AvgIpc) is 2.93. The average molecular weight is 384 g/mol. The van der Waals surface area contributed by atoms with Crippen LogP contribution < -0.4 is 5.32 Å². The summed E-state index contributed by atoms with van der Waals surface area (Å²) in [6.45, 7) is 4.31. The molecule has 1 aromatic heterocycles. The number of carbonyl (C=O) groups excluding carboxylic acids is 1. The summed E-state index contributed by atoms with van der Waals surface area (Å²) < 4.78 is 0.538. The topological polar surface area (TPSA) is 92.2 Å². The number of aromatic nitrogens is 2. The van der Waals surface area contributed by atoms with Crippen LogP contribution in [-0.4, -0.2) is 27.2 Å². The molecule has 0 aliphatic carbocycles. The molecule has 116 valence electrons. The Morgan fingerprint density at radius 2 is 1.95 bits per heavy atom. The quantitative estimate of drug-likeness (QED) is 0.827. The largest absolute Gasteiger partial charge is 0.478 e. The highest BCUT2D eigenvalue weighted by Crippen LogP contribution is 2.19. The first-order chi connectivity index (χ1) is 10.4. The van der Waals surface area contributed by atoms with Crippen LogP contribution in [0.15, 0.2) is 22.7 Å². The van der Waals surface area contributed by atoms with Gasteiger partial charge in [-0.3, -0.25) is 4.79 Å². The van der Waals surface area contributed by atoms with Crippen LogP contribution in [0.3, 0.4) is 0 Å². The van der Waals surface area contributed by atoms with Gasteiger partial charge in [0.05, 0.1) is 12.1 Å². The van der Waals surface area contributed by atoms with Crippen LogP contribution in [-0.2, 0) is 6.54 Å². The molecule has 1 aromatic carbocycles. The zero-order valence-electron chi connectivity index (χ0n) is 12.0. The van der Waals surface area contributed by atoms with Gasteiger partial charge in [0, 0.05) is 16.0 Å². The van der Waals surface area contributed by atoms with E-state index >= 15 is 0 Å². The first-order valence-electron chi connectivity index (χ1n) is 6.51. The lowest BCUT2D eigenvalue weighted by Gasteiger charge is -2.05. The SMILES string of the molecule is CC(C)c1nnc(CNC(=O)c2cc(Br)cc(C(=O)O)c2)s1. The molecule has 2 aromatic rings. The van der Waals surface area contributed by atoms with Crippen molar-refractivity contribution in [3.05, 3.63) is 43.8 Å². The van der Waals surface area contributed by atoms with Crippen molar-refractivity contribution in [2.45, 2.75) is 26.3 Å². The minimum atomic E-state index is -1.08. The number of halogens is 1. The number of amides is 1. The van der Waals surface area contributed by atoms with Gasteiger partial charge in [0.2, 0.25) is 0 Å². The van der Waals surface area contributed by atoms with Crippen LogP contribution in [0.4, 0.5) is 0 Å². The van der Waals surface area contributed by atoms with Gasteiger partial charge in [-0.25, -0.2) is 4.79 Å². The molecule has 1 amide bonds. The van der Waals surface area contributed by atoms with Gasteiger partial charge in [-0.2, -0.15) is 0 Å². The Labute approximate surface area is 139 Å². The second-order valence-electron chi connectivity index (χ2n) is 4.91. The molecule has 0 spiro atoms. The predicted octanol–water partition coefficient (Wildman–Crippen LogP) is 3.05. The molecule has 2 rings (SSSR count). The molecular formula is C14H14BrN3O3S. The zero-order chi connectivity index (χ0) is 16.3. The minimum absolute atomic E-state index is 0.0533. The van der Waals surface area contributed by atoms with Crippen molar-refractivity contribution in [1.82, 2.24) is 15.5 Å². The summed E-state index contributed by atoms with van der Waals surface area (Å²) in [5.74, 6) is -1.14. The van der Waals surface area contributed by atoms with Crippen molar-refractivity contribution in [3.63, 3.8) is 0 Å². The monoisotopic (exact) mass is 383 g/mol. The molecule has 0 aliphatic rings. The molecule has 0 unspecified atom stereocenters. The van der Waals surface area contributed by atoms with E-state index in [0.29, 0.717) is 15.4 Å². The highest BCUT2D eigenvalue weighted by molar-refractivity contribution is 9.10. The second kappa shape index (κ2) is 6.97. The van der Waals surface area contributed by atoms with E-state index in [4.69, 9.17) is 5.11 Å². The van der Waals surface area contributed by atoms with Crippen LogP contribution in [0, 0.1) is 0 Å². The molecule has 0 fully saturated rings. The van der Waals surface area contributed by atoms with Gasteiger partial charge in [-0.15, -0.1) is 10.2 Å². The molecule has 0 bridgehead atoms. The lowest BCUT2D eigenvalue weighted by molar-refractivity contribution is 0.0697. The van der Waals surface area contributed by atoms with Crippen molar-refractivity contribution in [1.29, 1.82) is 0 Å². The third kappa shape index (κ3) is 4.11. The molecule has 6 nitrogen and oxygen atoms in total. The molecule has 0 aliphatic heterocycles. The first kappa shape index (κ1) is 16.6. The molecule has 0 saturated heterocycles. The predicted molar refractivity (Wildman–Crippen MR) is 86.3 cm³/mol. The molecule has 0 atom stereocenters. The summed E-state index contributed by atoms with van der Waals surface area (Å²) in [6.07, 6.45) is 0. The lowest BCUT2D eigenvalue weighted by Crippen LogP contribution is -2.23. The number of nitrogens with one attached hydrogen (secondary N) is 1. The van der Waals surface area contributed by atoms with Gasteiger partial charge < -0.3 is 10.4 Å². The number of nitrogens with zero attached hydrogens (tertiary/aromatic N) is 2. The number of rotatable bonds is 5. The third-order valence-electron chi connectivity index (χ3n) is 2.78. The first-order valence-corrected chi connectivity index (χ1v) is 8.12. The standard InChI is InChI=1S/C14H14BrN3O3S/c1-7(2)13-18-17-11(22-13)6-16-12(19)8-3-9(14(20)21)5-10(15)4-8/h3-5,7H,6H2,1-2H3,(H,16,19)(H,20,21). The van der Waals surface area contributed by atoms with Gasteiger partial charge in [0.1, 0.15) is 10.0 Å². The Morgan fingerprint density at radius 3 is 2.55 bits per heavy atom. The van der Waals surface area contributed by atoms with Crippen LogP contribution in [0.2, 0.25) is 0 Å². The fraction of sp³-hybridized carbons (Fsp3) is 0.286. The Hall–Kier alpha value is -1.80. The molecule has 22 heavy (non-hydrogen) atoms. The van der Waals surface area contributed by atoms with E-state index in [-0.39, 0.29) is 23.6 Å². The summed E-state index contributed by atoms with van der Waals surface area (Å²) in [5.41, 5.74) is 0.331. The summed E-state index contributed by atoms with van der Waals surface area (Å²) in [4.78, 5) is 23.1. The molecule has 1 heterocycles. The normalized spacial score (nSPS) is 10.7. The molecule has 0 radical (unpaired) electrons. The number of hydrogen-bond acceptors (Lipinski definition) is 5. The number of carbonyl (C=O) groups is 2. The van der Waals surface area contributed by atoms with Gasteiger partial charge in [-0.05, 0) is 18.2 Å². The van der Waals surface area contributed by atoms with E-state index in [1.165, 1.54) is 23.5 Å². The third-order valence-corrected chi connectivity index (χ3v) is 4.47. The number of carboxylic acids is 1. The zero-order valence-corrected chi connectivity index (χ0v) is 14.4. The highest BCUT2D eigenvalue weighted by atomic mass is 79.9. The molecular weight excluding hydrogens is 370 g/mol. The fourth-order valence-electron chi connectivity index (χ4n) is 1.67. The van der Waals surface area contributed by atoms with Crippen molar-refractivity contribution in [3.8, 4) is 0 Å². The highest BCUT2D eigenvalue weighted by Gasteiger charge is 2.13. The number of carboxylic acid groups (broad SMARTS) is 1. The van der Waals surface area contributed by atoms with Gasteiger partial charge in [-0.1, -0.05) is 41.1 Å². The lowest BCUT2D eigenvalue weighted by atomic mass is 10.1. The van der Waals surface area contributed by atoms with Gasteiger partial charge >= 0.3 is 5.97 Å². The van der Waals surface area contributed by atoms with Crippen LogP contribution in [0.1, 0.15) is 50.5 Å². The summed E-state index contributed by atoms with van der Waals surface area (Å²) in [5, 5.41) is 21.4. The Morgan fingerprint density at radius 1 is 1.27 bits per heavy atom. The van der Waals surface area contributed by atoms with E-state index in [2.05, 4.69) is 31.4 Å². The van der Waals surface area contributed by atoms with Gasteiger partial charge in [0.25, 0.3) is 5.91 Å². The van der Waals surface area contributed by atoms with Crippen molar-refractivity contribution in [2.24, 2.45) is 0 Å². The smallest absolute Gasteiger partial charge is 0.335 e. The maximum atomic E-state index is 12.1. The molecule has 0 saturated carbocycles. The number of benzene rings is 1. The van der Waals surface area contributed by atoms with Crippen LogP contribution >= 0.6 is 27.3 Å². The summed E-state index contributed by atoms with van der Waals surface area (Å²) >= 11 is 4.65. The van der Waals surface area contributed by atoms with E-state index in [1.54, 1.807) is 6.07 Å².